The van der Waals surface area contributed by atoms with E-state index in [1.54, 1.807) is 14.2 Å². The van der Waals surface area contributed by atoms with Gasteiger partial charge in [-0.15, -0.1) is 0 Å². The molecule has 0 fully saturated rings. The smallest absolute Gasteiger partial charge is 0.207 e. The third-order valence-corrected chi connectivity index (χ3v) is 2.97. The van der Waals surface area contributed by atoms with Crippen LogP contribution in [0.5, 0.6) is 5.75 Å². The number of methoxy groups -OCH3 is 2. The Bertz CT molecular complexity index is 552. The molecule has 20 heavy (non-hydrogen) atoms. The van der Waals surface area contributed by atoms with Gasteiger partial charge in [-0.25, -0.2) is 4.98 Å². The van der Waals surface area contributed by atoms with E-state index < -0.39 is 0 Å². The van der Waals surface area contributed by atoms with E-state index in [1.807, 2.05) is 42.0 Å². The van der Waals surface area contributed by atoms with Crippen molar-refractivity contribution in [3.05, 3.63) is 36.2 Å². The number of ether oxygens (including phenoxy) is 2. The van der Waals surface area contributed by atoms with Crippen molar-refractivity contribution in [3.8, 4) is 11.4 Å². The molecule has 1 heterocycles. The van der Waals surface area contributed by atoms with Gasteiger partial charge in [-0.1, -0.05) is 6.07 Å². The topological polar surface area (TPSA) is 48.3 Å². The van der Waals surface area contributed by atoms with Gasteiger partial charge in [0, 0.05) is 32.5 Å². The Morgan fingerprint density at radius 1 is 1.30 bits per heavy atom. The van der Waals surface area contributed by atoms with Crippen molar-refractivity contribution < 1.29 is 9.47 Å². The average molecular weight is 275 g/mol. The van der Waals surface area contributed by atoms with E-state index in [0.29, 0.717) is 0 Å². The average Bonchev–Trinajstić information content (AvgIpc) is 2.85. The lowest BCUT2D eigenvalue weighted by molar-refractivity contribution is 0.197. The molecule has 0 spiro atoms. The molecular formula is C15H21N3O2. The zero-order chi connectivity index (χ0) is 14.4. The number of aromatic nitrogens is 2. The second-order valence-electron chi connectivity index (χ2n) is 4.55. The highest BCUT2D eigenvalue weighted by molar-refractivity contribution is 5.46. The Kier molecular flexibility index (Phi) is 5.01. The van der Waals surface area contributed by atoms with Crippen LogP contribution in [0.4, 0.5) is 5.95 Å². The number of aryl methyl sites for hydroxylation is 1. The van der Waals surface area contributed by atoms with Crippen molar-refractivity contribution in [2.24, 2.45) is 0 Å². The molecule has 0 aliphatic rings. The number of nitrogens with zero attached hydrogens (tertiary/aromatic N) is 2. The van der Waals surface area contributed by atoms with Crippen LogP contribution in [0.1, 0.15) is 12.1 Å². The fourth-order valence-electron chi connectivity index (χ4n) is 2.00. The van der Waals surface area contributed by atoms with Gasteiger partial charge in [-0.3, -0.25) is 4.57 Å². The standard InChI is InChI=1S/C15H21N3O2/c1-12-11-18(13-6-4-7-14(10-13)20-3)15(17-12)16-8-5-9-19-2/h4,6-7,10-11H,5,8-9H2,1-3H3,(H,16,17). The molecule has 0 bridgehead atoms. The van der Waals surface area contributed by atoms with Crippen molar-refractivity contribution in [2.45, 2.75) is 13.3 Å². The van der Waals surface area contributed by atoms with Crippen LogP contribution >= 0.6 is 0 Å². The van der Waals surface area contributed by atoms with E-state index in [9.17, 15) is 0 Å². The monoisotopic (exact) mass is 275 g/mol. The van der Waals surface area contributed by atoms with Gasteiger partial charge < -0.3 is 14.8 Å². The fourth-order valence-corrected chi connectivity index (χ4v) is 2.00. The highest BCUT2D eigenvalue weighted by Crippen LogP contribution is 2.20. The second-order valence-corrected chi connectivity index (χ2v) is 4.55. The minimum Gasteiger partial charge on any atom is -0.497 e. The SMILES string of the molecule is COCCCNc1nc(C)cn1-c1cccc(OC)c1. The normalized spacial score (nSPS) is 10.6. The van der Waals surface area contributed by atoms with Crippen LogP contribution in [-0.2, 0) is 4.74 Å². The maximum atomic E-state index is 5.27. The quantitative estimate of drug-likeness (QED) is 0.789. The molecule has 0 saturated heterocycles. The summed E-state index contributed by atoms with van der Waals surface area (Å²) in [6.07, 6.45) is 2.95. The van der Waals surface area contributed by atoms with Gasteiger partial charge in [0.2, 0.25) is 5.95 Å². The summed E-state index contributed by atoms with van der Waals surface area (Å²) >= 11 is 0. The van der Waals surface area contributed by atoms with Crippen LogP contribution in [0, 0.1) is 6.92 Å². The molecule has 5 nitrogen and oxygen atoms in total. The van der Waals surface area contributed by atoms with Gasteiger partial charge >= 0.3 is 0 Å². The molecule has 1 N–H and O–H groups in total. The summed E-state index contributed by atoms with van der Waals surface area (Å²) in [5, 5.41) is 3.34. The minimum atomic E-state index is 0.742. The van der Waals surface area contributed by atoms with E-state index in [4.69, 9.17) is 9.47 Å². The van der Waals surface area contributed by atoms with Crippen molar-refractivity contribution in [1.29, 1.82) is 0 Å². The molecular weight excluding hydrogens is 254 g/mol. The molecule has 0 saturated carbocycles. The molecule has 0 aliphatic carbocycles. The van der Waals surface area contributed by atoms with E-state index >= 15 is 0 Å². The van der Waals surface area contributed by atoms with Gasteiger partial charge in [0.1, 0.15) is 5.75 Å². The van der Waals surface area contributed by atoms with Crippen LogP contribution in [0.15, 0.2) is 30.5 Å². The van der Waals surface area contributed by atoms with Gasteiger partial charge in [-0.2, -0.15) is 0 Å². The summed E-state index contributed by atoms with van der Waals surface area (Å²) in [5.41, 5.74) is 2.00. The minimum absolute atomic E-state index is 0.742. The zero-order valence-electron chi connectivity index (χ0n) is 12.2. The number of nitrogens with one attached hydrogen (secondary N) is 1. The molecule has 0 unspecified atom stereocenters. The van der Waals surface area contributed by atoms with Gasteiger partial charge in [0.15, 0.2) is 0 Å². The summed E-state index contributed by atoms with van der Waals surface area (Å²) in [7, 11) is 3.38. The number of anilines is 1. The summed E-state index contributed by atoms with van der Waals surface area (Å²) < 4.78 is 12.3. The van der Waals surface area contributed by atoms with E-state index in [0.717, 1.165) is 42.7 Å². The molecule has 2 rings (SSSR count). The summed E-state index contributed by atoms with van der Waals surface area (Å²) in [6.45, 7) is 3.55. The number of hydrogen-bond acceptors (Lipinski definition) is 4. The van der Waals surface area contributed by atoms with Crippen molar-refractivity contribution in [2.75, 3.05) is 32.7 Å². The summed E-state index contributed by atoms with van der Waals surface area (Å²) in [5.74, 6) is 1.67. The molecule has 0 aliphatic heterocycles. The highest BCUT2D eigenvalue weighted by Gasteiger charge is 2.07. The van der Waals surface area contributed by atoms with E-state index in [1.165, 1.54) is 0 Å². The third-order valence-electron chi connectivity index (χ3n) is 2.97. The number of hydrogen-bond donors (Lipinski definition) is 1. The molecule has 0 atom stereocenters. The molecule has 1 aromatic carbocycles. The predicted octanol–water partition coefficient (Wildman–Crippen LogP) is 2.64. The molecule has 2 aromatic rings. The van der Waals surface area contributed by atoms with Crippen LogP contribution in [-0.4, -0.2) is 36.9 Å². The largest absolute Gasteiger partial charge is 0.497 e. The first-order chi connectivity index (χ1) is 9.74. The van der Waals surface area contributed by atoms with Gasteiger partial charge in [-0.05, 0) is 25.5 Å². The van der Waals surface area contributed by atoms with Crippen LogP contribution in [0.25, 0.3) is 5.69 Å². The molecule has 1 aromatic heterocycles. The van der Waals surface area contributed by atoms with Crippen molar-refractivity contribution in [3.63, 3.8) is 0 Å². The van der Waals surface area contributed by atoms with E-state index in [-0.39, 0.29) is 0 Å². The molecule has 0 amide bonds. The second kappa shape index (κ2) is 6.96. The zero-order valence-corrected chi connectivity index (χ0v) is 12.2. The highest BCUT2D eigenvalue weighted by atomic mass is 16.5. The first-order valence-corrected chi connectivity index (χ1v) is 6.68. The Morgan fingerprint density at radius 3 is 2.90 bits per heavy atom. The number of imidazole rings is 1. The Balaban J connectivity index is 2.17. The van der Waals surface area contributed by atoms with Crippen LogP contribution < -0.4 is 10.1 Å². The van der Waals surface area contributed by atoms with Crippen LogP contribution in [0.3, 0.4) is 0 Å². The van der Waals surface area contributed by atoms with Crippen LogP contribution in [0.2, 0.25) is 0 Å². The summed E-state index contributed by atoms with van der Waals surface area (Å²) in [6, 6.07) is 7.92. The molecule has 5 heteroatoms. The van der Waals surface area contributed by atoms with E-state index in [2.05, 4.69) is 10.3 Å². The predicted molar refractivity (Wildman–Crippen MR) is 79.8 cm³/mol. The first kappa shape index (κ1) is 14.4. The lowest BCUT2D eigenvalue weighted by Gasteiger charge is -2.10. The van der Waals surface area contributed by atoms with Gasteiger partial charge in [0.25, 0.3) is 0 Å². The Hall–Kier alpha value is -2.01. The summed E-state index contributed by atoms with van der Waals surface area (Å²) in [4.78, 5) is 4.51. The van der Waals surface area contributed by atoms with Crippen molar-refractivity contribution >= 4 is 5.95 Å². The fraction of sp³-hybridized carbons (Fsp3) is 0.400. The third kappa shape index (κ3) is 3.51. The maximum absolute atomic E-state index is 5.27. The number of benzene rings is 1. The first-order valence-electron chi connectivity index (χ1n) is 6.68. The lowest BCUT2D eigenvalue weighted by Crippen LogP contribution is -2.09. The molecule has 0 radical (unpaired) electrons. The van der Waals surface area contributed by atoms with Crippen molar-refractivity contribution in [1.82, 2.24) is 9.55 Å². The number of rotatable bonds is 7. The Labute approximate surface area is 119 Å². The Morgan fingerprint density at radius 2 is 2.15 bits per heavy atom. The maximum Gasteiger partial charge on any atom is 0.207 e. The molecule has 108 valence electrons. The lowest BCUT2D eigenvalue weighted by atomic mass is 10.3. The van der Waals surface area contributed by atoms with Gasteiger partial charge in [0.05, 0.1) is 18.5 Å².